The van der Waals surface area contributed by atoms with Crippen LogP contribution in [0, 0.1) is 23.2 Å². The summed E-state index contributed by atoms with van der Waals surface area (Å²) in [7, 11) is 0. The van der Waals surface area contributed by atoms with Gasteiger partial charge in [0.15, 0.2) is 0 Å². The minimum absolute atomic E-state index is 0.253. The summed E-state index contributed by atoms with van der Waals surface area (Å²) < 4.78 is 0. The normalized spacial score (nSPS) is 24.1. The summed E-state index contributed by atoms with van der Waals surface area (Å²) in [6.45, 7) is 5.70. The first-order chi connectivity index (χ1) is 9.24. The lowest BCUT2D eigenvalue weighted by atomic mass is 9.96. The molecule has 1 saturated carbocycles. The third kappa shape index (κ3) is 7.57. The highest BCUT2D eigenvalue weighted by Gasteiger charge is 2.22. The molecule has 1 aliphatic rings. The fourth-order valence-electron chi connectivity index (χ4n) is 3.03. The quantitative estimate of drug-likeness (QED) is 0.511. The highest BCUT2D eigenvalue weighted by atomic mass is 14.9. The maximum absolute atomic E-state index is 9.22. The molecule has 0 aromatic rings. The third-order valence-corrected chi connectivity index (χ3v) is 4.30. The largest absolute Gasteiger partial charge is 0.313 e. The molecule has 0 heterocycles. The third-order valence-electron chi connectivity index (χ3n) is 4.30. The highest BCUT2D eigenvalue weighted by molar-refractivity contribution is 4.93. The number of hydrogen-bond donors (Lipinski definition) is 1. The Morgan fingerprint density at radius 2 is 1.79 bits per heavy atom. The van der Waals surface area contributed by atoms with Gasteiger partial charge in [-0.3, -0.25) is 0 Å². The van der Waals surface area contributed by atoms with E-state index >= 15 is 0 Å². The van der Waals surface area contributed by atoms with Crippen molar-refractivity contribution in [2.75, 3.05) is 6.54 Å². The Hall–Kier alpha value is -0.550. The Labute approximate surface area is 120 Å². The lowest BCUT2D eigenvalue weighted by Crippen LogP contribution is -2.35. The molecule has 2 atom stereocenters. The van der Waals surface area contributed by atoms with Crippen LogP contribution >= 0.6 is 0 Å². The van der Waals surface area contributed by atoms with Gasteiger partial charge in [0.2, 0.25) is 0 Å². The van der Waals surface area contributed by atoms with Crippen molar-refractivity contribution in [2.24, 2.45) is 11.8 Å². The van der Waals surface area contributed by atoms with Crippen molar-refractivity contribution in [3.05, 3.63) is 0 Å². The van der Waals surface area contributed by atoms with Gasteiger partial charge in [0.05, 0.1) is 12.0 Å². The Bertz CT molecular complexity index is 254. The monoisotopic (exact) mass is 264 g/mol. The van der Waals surface area contributed by atoms with E-state index in [1.54, 1.807) is 0 Å². The van der Waals surface area contributed by atoms with Gasteiger partial charge in [-0.1, -0.05) is 58.8 Å². The van der Waals surface area contributed by atoms with Crippen molar-refractivity contribution in [2.45, 2.75) is 84.1 Å². The fraction of sp³-hybridized carbons (Fsp3) is 0.941. The second-order valence-corrected chi connectivity index (χ2v) is 6.53. The Kier molecular flexibility index (Phi) is 8.91. The zero-order chi connectivity index (χ0) is 13.9. The van der Waals surface area contributed by atoms with Crippen LogP contribution in [0.5, 0.6) is 0 Å². The van der Waals surface area contributed by atoms with Crippen LogP contribution in [0.2, 0.25) is 0 Å². The lowest BCUT2D eigenvalue weighted by Gasteiger charge is -2.20. The van der Waals surface area contributed by atoms with Crippen LogP contribution in [0.25, 0.3) is 0 Å². The van der Waals surface area contributed by atoms with Gasteiger partial charge >= 0.3 is 0 Å². The number of nitrogens with zero attached hydrogens (tertiary/aromatic N) is 1. The molecule has 2 nitrogen and oxygen atoms in total. The average Bonchev–Trinajstić information content (AvgIpc) is 2.62. The van der Waals surface area contributed by atoms with Crippen LogP contribution in [-0.4, -0.2) is 12.6 Å². The molecule has 0 aliphatic heterocycles. The van der Waals surface area contributed by atoms with Crippen LogP contribution in [0.15, 0.2) is 0 Å². The average molecular weight is 264 g/mol. The van der Waals surface area contributed by atoms with Crippen molar-refractivity contribution >= 4 is 0 Å². The molecule has 1 rings (SSSR count). The fourth-order valence-corrected chi connectivity index (χ4v) is 3.03. The Morgan fingerprint density at radius 1 is 1.05 bits per heavy atom. The van der Waals surface area contributed by atoms with E-state index in [2.05, 4.69) is 25.2 Å². The van der Waals surface area contributed by atoms with Gasteiger partial charge in [0, 0.05) is 6.04 Å². The topological polar surface area (TPSA) is 35.8 Å². The second kappa shape index (κ2) is 10.3. The highest BCUT2D eigenvalue weighted by Crippen LogP contribution is 2.23. The minimum atomic E-state index is 0.253. The Balaban J connectivity index is 2.05. The van der Waals surface area contributed by atoms with Crippen molar-refractivity contribution < 1.29 is 0 Å². The molecule has 19 heavy (non-hydrogen) atoms. The maximum Gasteiger partial charge on any atom is 0.0672 e. The second-order valence-electron chi connectivity index (χ2n) is 6.53. The van der Waals surface area contributed by atoms with E-state index in [0.29, 0.717) is 6.04 Å². The zero-order valence-electron chi connectivity index (χ0n) is 13.0. The molecule has 110 valence electrons. The SMILES string of the molecule is CC(C)CCCCCCNC1CCCCCC1C#N. The number of nitrogens with one attached hydrogen (secondary N) is 1. The molecule has 1 fully saturated rings. The van der Waals surface area contributed by atoms with Crippen LogP contribution in [0.4, 0.5) is 0 Å². The molecule has 2 heteroatoms. The van der Waals surface area contributed by atoms with Crippen LogP contribution in [0.3, 0.4) is 0 Å². The zero-order valence-corrected chi connectivity index (χ0v) is 13.0. The van der Waals surface area contributed by atoms with Crippen LogP contribution in [0.1, 0.15) is 78.1 Å². The number of nitriles is 1. The van der Waals surface area contributed by atoms with E-state index in [1.807, 2.05) is 0 Å². The van der Waals surface area contributed by atoms with E-state index < -0.39 is 0 Å². The maximum atomic E-state index is 9.22. The molecule has 0 radical (unpaired) electrons. The molecule has 1 aliphatic carbocycles. The number of hydrogen-bond acceptors (Lipinski definition) is 2. The molecule has 0 amide bonds. The van der Waals surface area contributed by atoms with Gasteiger partial charge in [-0.05, 0) is 31.7 Å². The van der Waals surface area contributed by atoms with Crippen molar-refractivity contribution in [3.8, 4) is 6.07 Å². The summed E-state index contributed by atoms with van der Waals surface area (Å²) in [5, 5.41) is 12.9. The molecular weight excluding hydrogens is 232 g/mol. The molecule has 0 aromatic carbocycles. The van der Waals surface area contributed by atoms with Gasteiger partial charge in [-0.2, -0.15) is 5.26 Å². The van der Waals surface area contributed by atoms with Crippen LogP contribution in [-0.2, 0) is 0 Å². The first kappa shape index (κ1) is 16.5. The predicted octanol–water partition coefficient (Wildman–Crippen LogP) is 4.65. The molecule has 0 spiro atoms. The first-order valence-corrected chi connectivity index (χ1v) is 8.37. The van der Waals surface area contributed by atoms with Gasteiger partial charge in [0.25, 0.3) is 0 Å². The van der Waals surface area contributed by atoms with E-state index in [9.17, 15) is 5.26 Å². The first-order valence-electron chi connectivity index (χ1n) is 8.37. The number of rotatable bonds is 8. The summed E-state index contributed by atoms with van der Waals surface area (Å²) in [5.74, 6) is 1.10. The summed E-state index contributed by atoms with van der Waals surface area (Å²) in [4.78, 5) is 0. The molecule has 1 N–H and O–H groups in total. The summed E-state index contributed by atoms with van der Waals surface area (Å²) in [6, 6.07) is 2.97. The Morgan fingerprint density at radius 3 is 2.53 bits per heavy atom. The summed E-state index contributed by atoms with van der Waals surface area (Å²) in [6.07, 6.45) is 12.9. The minimum Gasteiger partial charge on any atom is -0.313 e. The smallest absolute Gasteiger partial charge is 0.0672 e. The van der Waals surface area contributed by atoms with E-state index in [4.69, 9.17) is 0 Å². The van der Waals surface area contributed by atoms with Gasteiger partial charge in [-0.15, -0.1) is 0 Å². The van der Waals surface area contributed by atoms with Gasteiger partial charge in [0.1, 0.15) is 0 Å². The summed E-state index contributed by atoms with van der Waals surface area (Å²) >= 11 is 0. The molecule has 0 aromatic heterocycles. The van der Waals surface area contributed by atoms with Crippen molar-refractivity contribution in [1.82, 2.24) is 5.32 Å². The van der Waals surface area contributed by atoms with E-state index in [0.717, 1.165) is 18.9 Å². The molecule has 0 saturated heterocycles. The van der Waals surface area contributed by atoms with E-state index in [-0.39, 0.29) is 5.92 Å². The molecule has 2 unspecified atom stereocenters. The van der Waals surface area contributed by atoms with Crippen molar-refractivity contribution in [3.63, 3.8) is 0 Å². The van der Waals surface area contributed by atoms with Gasteiger partial charge in [-0.25, -0.2) is 0 Å². The van der Waals surface area contributed by atoms with Gasteiger partial charge < -0.3 is 5.32 Å². The van der Waals surface area contributed by atoms with Crippen LogP contribution < -0.4 is 5.32 Å². The molecule has 0 bridgehead atoms. The predicted molar refractivity (Wildman–Crippen MR) is 81.9 cm³/mol. The van der Waals surface area contributed by atoms with E-state index in [1.165, 1.54) is 57.8 Å². The number of unbranched alkanes of at least 4 members (excludes halogenated alkanes) is 3. The van der Waals surface area contributed by atoms with Crippen molar-refractivity contribution in [1.29, 1.82) is 5.26 Å². The standard InChI is InChI=1S/C17H32N2/c1-15(2)10-6-3-4-9-13-19-17-12-8-5-7-11-16(17)14-18/h15-17,19H,3-13H2,1-2H3. The molecular formula is C17H32N2. The summed E-state index contributed by atoms with van der Waals surface area (Å²) in [5.41, 5.74) is 0. The lowest BCUT2D eigenvalue weighted by molar-refractivity contribution is 0.388.